The van der Waals surface area contributed by atoms with Gasteiger partial charge in [0.25, 0.3) is 0 Å². The molecule has 0 spiro atoms. The molecule has 4 atom stereocenters. The van der Waals surface area contributed by atoms with Gasteiger partial charge in [-0.25, -0.2) is 4.39 Å². The second kappa shape index (κ2) is 10.3. The molecule has 4 fully saturated rings. The van der Waals surface area contributed by atoms with Crippen molar-refractivity contribution < 1.29 is 9.13 Å². The Hall–Kier alpha value is -4.37. The van der Waals surface area contributed by atoms with E-state index in [0.29, 0.717) is 37.7 Å². The van der Waals surface area contributed by atoms with Gasteiger partial charge >= 0.3 is 6.01 Å². The van der Waals surface area contributed by atoms with E-state index in [1.807, 2.05) is 24.5 Å². The number of rotatable bonds is 5. The third-order valence-electron chi connectivity index (χ3n) is 10.9. The van der Waals surface area contributed by atoms with Crippen LogP contribution >= 0.6 is 11.3 Å². The van der Waals surface area contributed by atoms with E-state index in [-0.39, 0.29) is 5.54 Å². The molecule has 236 valence electrons. The van der Waals surface area contributed by atoms with Crippen LogP contribution in [0.15, 0.2) is 42.7 Å². The first kappa shape index (κ1) is 27.7. The molecule has 2 unspecified atom stereocenters. The lowest BCUT2D eigenvalue weighted by Crippen LogP contribution is -2.51. The molecule has 47 heavy (non-hydrogen) atoms. The normalized spacial score (nSPS) is 25.8. The van der Waals surface area contributed by atoms with Gasteiger partial charge in [-0.3, -0.25) is 15.0 Å². The first-order chi connectivity index (χ1) is 23.1. The summed E-state index contributed by atoms with van der Waals surface area (Å²) < 4.78 is 22.1. The van der Waals surface area contributed by atoms with Gasteiger partial charge in [-0.15, -0.1) is 17.8 Å². The number of halogens is 1. The number of ether oxygens (including phenoxy) is 1. The molecule has 4 aliphatic rings. The minimum absolute atomic E-state index is 0.275. The van der Waals surface area contributed by atoms with E-state index < -0.39 is 6.17 Å². The highest BCUT2D eigenvalue weighted by Crippen LogP contribution is 2.47. The van der Waals surface area contributed by atoms with Crippen LogP contribution in [0.2, 0.25) is 0 Å². The third-order valence-corrected chi connectivity index (χ3v) is 12.0. The number of fused-ring (bicyclic) bond motifs is 8. The number of alkyl halides is 1. The highest BCUT2D eigenvalue weighted by molar-refractivity contribution is 7.26. The Morgan fingerprint density at radius 1 is 1.11 bits per heavy atom. The lowest BCUT2D eigenvalue weighted by atomic mass is 9.94. The number of H-pyrrole nitrogens is 1. The van der Waals surface area contributed by atoms with Gasteiger partial charge in [0.05, 0.1) is 33.0 Å². The van der Waals surface area contributed by atoms with Crippen molar-refractivity contribution in [3.05, 3.63) is 48.3 Å². The van der Waals surface area contributed by atoms with Crippen molar-refractivity contribution in [3.63, 3.8) is 0 Å². The molecule has 2 bridgehead atoms. The van der Waals surface area contributed by atoms with Crippen LogP contribution in [0.4, 0.5) is 10.2 Å². The number of aromatic amines is 1. The van der Waals surface area contributed by atoms with Gasteiger partial charge in [0.1, 0.15) is 23.4 Å². The van der Waals surface area contributed by atoms with E-state index in [9.17, 15) is 4.39 Å². The Balaban J connectivity index is 1.17. The van der Waals surface area contributed by atoms with Gasteiger partial charge in [-0.2, -0.15) is 15.1 Å². The van der Waals surface area contributed by atoms with Gasteiger partial charge in [-0.05, 0) is 55.8 Å². The van der Waals surface area contributed by atoms with Gasteiger partial charge in [0.15, 0.2) is 0 Å². The largest absolute Gasteiger partial charge is 0.461 e. The topological polar surface area (TPSA) is 95.1 Å². The van der Waals surface area contributed by atoms with E-state index >= 15 is 0 Å². The van der Waals surface area contributed by atoms with E-state index in [4.69, 9.17) is 26.1 Å². The summed E-state index contributed by atoms with van der Waals surface area (Å²) in [6.45, 7) is 3.56. The summed E-state index contributed by atoms with van der Waals surface area (Å²) in [5, 5.41) is 16.4. The van der Waals surface area contributed by atoms with Crippen molar-refractivity contribution in [2.45, 2.75) is 55.9 Å². The predicted molar refractivity (Wildman–Crippen MR) is 184 cm³/mol. The zero-order valence-corrected chi connectivity index (χ0v) is 26.6. The van der Waals surface area contributed by atoms with E-state index in [0.717, 1.165) is 97.1 Å². The molecule has 0 amide bonds. The molecule has 0 aliphatic carbocycles. The number of anilines is 1. The van der Waals surface area contributed by atoms with Crippen molar-refractivity contribution in [2.75, 3.05) is 37.7 Å². The number of piperazine rings is 1. The molecule has 9 nitrogen and oxygen atoms in total. The third kappa shape index (κ3) is 4.21. The first-order valence-corrected chi connectivity index (χ1v) is 17.4. The average Bonchev–Trinajstić information content (AvgIpc) is 3.90. The van der Waals surface area contributed by atoms with Gasteiger partial charge in [0, 0.05) is 71.6 Å². The molecule has 0 radical (unpaired) electrons. The molecule has 4 saturated heterocycles. The Morgan fingerprint density at radius 2 is 2.00 bits per heavy atom. The Bertz CT molecular complexity index is 2260. The Morgan fingerprint density at radius 3 is 2.87 bits per heavy atom. The maximum atomic E-state index is 14.6. The molecule has 2 N–H and O–H groups in total. The number of terminal acetylenes is 1. The zero-order chi connectivity index (χ0) is 31.3. The molecular formula is C36H33FN8OS. The van der Waals surface area contributed by atoms with Crippen LogP contribution in [0.25, 0.3) is 53.2 Å². The summed E-state index contributed by atoms with van der Waals surface area (Å²) in [5.41, 5.74) is 3.28. The van der Waals surface area contributed by atoms with Crippen molar-refractivity contribution in [1.29, 1.82) is 0 Å². The summed E-state index contributed by atoms with van der Waals surface area (Å²) in [6, 6.07) is 11.5. The number of nitrogens with zero attached hydrogens (tertiary/aromatic N) is 6. The van der Waals surface area contributed by atoms with Gasteiger partial charge in [0.2, 0.25) is 0 Å². The molecule has 6 aromatic rings. The Labute approximate surface area is 274 Å². The van der Waals surface area contributed by atoms with Crippen LogP contribution in [0.3, 0.4) is 0 Å². The molecule has 11 heteroatoms. The van der Waals surface area contributed by atoms with Crippen LogP contribution < -0.4 is 15.0 Å². The number of aromatic nitrogens is 5. The molecule has 2 aromatic carbocycles. The summed E-state index contributed by atoms with van der Waals surface area (Å²) in [6.07, 6.45) is 13.8. The van der Waals surface area contributed by atoms with Crippen molar-refractivity contribution in [1.82, 2.24) is 35.4 Å². The number of thiophene rings is 1. The molecule has 10 rings (SSSR count). The van der Waals surface area contributed by atoms with E-state index in [1.54, 1.807) is 11.3 Å². The summed E-state index contributed by atoms with van der Waals surface area (Å²) >= 11 is 1.61. The van der Waals surface area contributed by atoms with E-state index in [2.05, 4.69) is 49.4 Å². The second-order valence-corrected chi connectivity index (χ2v) is 14.7. The zero-order valence-electron chi connectivity index (χ0n) is 25.8. The fourth-order valence-corrected chi connectivity index (χ4v) is 10.0. The number of benzene rings is 2. The smallest absolute Gasteiger partial charge is 0.319 e. The van der Waals surface area contributed by atoms with Crippen molar-refractivity contribution >= 4 is 59.1 Å². The maximum absolute atomic E-state index is 14.6. The fourth-order valence-electron chi connectivity index (χ4n) is 8.88. The number of hydrogen-bond donors (Lipinski definition) is 2. The molecule has 4 aliphatic heterocycles. The van der Waals surface area contributed by atoms with Gasteiger partial charge in [-0.1, -0.05) is 18.1 Å². The quantitative estimate of drug-likeness (QED) is 0.227. The van der Waals surface area contributed by atoms with Crippen LogP contribution in [0, 0.1) is 12.3 Å². The van der Waals surface area contributed by atoms with E-state index in [1.165, 1.54) is 12.8 Å². The summed E-state index contributed by atoms with van der Waals surface area (Å²) in [4.78, 5) is 20.8. The molecular weight excluding hydrogens is 612 g/mol. The molecule has 0 saturated carbocycles. The Kier molecular flexibility index (Phi) is 6.08. The minimum atomic E-state index is -0.812. The first-order valence-electron chi connectivity index (χ1n) is 16.5. The summed E-state index contributed by atoms with van der Waals surface area (Å²) in [5.74, 6) is 3.81. The standard InChI is InChI=1S/C36H33FN8OS/c1-2-20-5-3-6-21-13-27-26(15-39-43-27)29(28(20)21)31-32-25(9-11-38-31)30-33(44-17-23-7-8-24(18-44)40-23)41-35(42-34(30)47-32)46-19-36-10-4-12-45(36)16-22(37)14-36/h1,3,5-6,9,11,13,15,22-24,40H,4,7-8,10,12,14,16-19H2,(H,39,43)/t22-,23?,24?,36+/m1/s1. The molecule has 4 aromatic heterocycles. The highest BCUT2D eigenvalue weighted by Gasteiger charge is 2.49. The lowest BCUT2D eigenvalue weighted by molar-refractivity contribution is 0.107. The number of pyridine rings is 1. The van der Waals surface area contributed by atoms with Crippen LogP contribution in [0.1, 0.15) is 37.7 Å². The average molecular weight is 645 g/mol. The van der Waals surface area contributed by atoms with Crippen LogP contribution in [-0.4, -0.2) is 86.6 Å². The fraction of sp³-hybridized carbons (Fsp3) is 0.389. The SMILES string of the molecule is C#Cc1cccc2cc3[nH]ncc3c(-c3nccc4c3sc3nc(OC[C@@]56CCCN5C[C@H](F)C6)nc(N5CC6CCC(C5)N6)c34)c12. The number of hydrogen-bond acceptors (Lipinski definition) is 9. The van der Waals surface area contributed by atoms with Crippen LogP contribution in [-0.2, 0) is 0 Å². The van der Waals surface area contributed by atoms with Crippen molar-refractivity contribution in [3.8, 4) is 29.6 Å². The highest BCUT2D eigenvalue weighted by atomic mass is 32.1. The lowest BCUT2D eigenvalue weighted by Gasteiger charge is -2.34. The number of nitrogens with one attached hydrogen (secondary N) is 2. The minimum Gasteiger partial charge on any atom is -0.461 e. The maximum Gasteiger partial charge on any atom is 0.319 e. The predicted octanol–water partition coefficient (Wildman–Crippen LogP) is 5.81. The monoisotopic (exact) mass is 644 g/mol. The van der Waals surface area contributed by atoms with Gasteiger partial charge < -0.3 is 15.0 Å². The molecule has 8 heterocycles. The van der Waals surface area contributed by atoms with Crippen molar-refractivity contribution in [2.24, 2.45) is 0 Å². The second-order valence-electron chi connectivity index (χ2n) is 13.7. The van der Waals surface area contributed by atoms with Crippen LogP contribution in [0.5, 0.6) is 6.01 Å². The summed E-state index contributed by atoms with van der Waals surface area (Å²) in [7, 11) is 0.